The number of hydrazine groups is 1. The topological polar surface area (TPSA) is 110 Å². The summed E-state index contributed by atoms with van der Waals surface area (Å²) < 4.78 is 0. The van der Waals surface area contributed by atoms with Gasteiger partial charge in [-0.25, -0.2) is 0 Å². The van der Waals surface area contributed by atoms with E-state index in [1.165, 1.54) is 18.2 Å². The summed E-state index contributed by atoms with van der Waals surface area (Å²) in [6, 6.07) is 4.24. The van der Waals surface area contributed by atoms with Crippen LogP contribution in [-0.4, -0.2) is 16.9 Å². The molecule has 1 fully saturated rings. The largest absolute Gasteiger partial charge is 0.349 e. The first kappa shape index (κ1) is 15.2. The molecule has 0 aromatic heterocycles. The number of benzene rings is 1. The van der Waals surface area contributed by atoms with Gasteiger partial charge in [0.15, 0.2) is 0 Å². The summed E-state index contributed by atoms with van der Waals surface area (Å²) in [7, 11) is 0. The van der Waals surface area contributed by atoms with Crippen LogP contribution in [0.2, 0.25) is 0 Å². The maximum atomic E-state index is 12.3. The summed E-state index contributed by atoms with van der Waals surface area (Å²) in [5.74, 6) is 5.04. The zero-order valence-electron chi connectivity index (χ0n) is 12.2. The molecule has 1 aliphatic rings. The van der Waals surface area contributed by atoms with Crippen LogP contribution in [0.5, 0.6) is 0 Å². The SMILES string of the molecule is CC1(C)CCCC1NC(=O)c1ccc([N+](=O)[O-])c(NN)c1. The van der Waals surface area contributed by atoms with E-state index in [1.807, 2.05) is 0 Å². The van der Waals surface area contributed by atoms with E-state index in [-0.39, 0.29) is 28.7 Å². The van der Waals surface area contributed by atoms with Crippen LogP contribution in [0.4, 0.5) is 11.4 Å². The zero-order valence-corrected chi connectivity index (χ0v) is 12.2. The van der Waals surface area contributed by atoms with Gasteiger partial charge in [0, 0.05) is 17.7 Å². The number of rotatable bonds is 4. The molecule has 0 aliphatic heterocycles. The number of nitrogens with zero attached hydrogens (tertiary/aromatic N) is 1. The number of nitrogens with two attached hydrogens (primary N) is 1. The second kappa shape index (κ2) is 5.69. The van der Waals surface area contributed by atoms with E-state index in [4.69, 9.17) is 5.84 Å². The van der Waals surface area contributed by atoms with Crippen molar-refractivity contribution < 1.29 is 9.72 Å². The molecular weight excluding hydrogens is 272 g/mol. The summed E-state index contributed by atoms with van der Waals surface area (Å²) in [6.45, 7) is 4.27. The lowest BCUT2D eigenvalue weighted by molar-refractivity contribution is -0.384. The second-order valence-electron chi connectivity index (χ2n) is 6.04. The molecule has 1 saturated carbocycles. The first-order valence-corrected chi connectivity index (χ1v) is 6.91. The van der Waals surface area contributed by atoms with Gasteiger partial charge in [-0.15, -0.1) is 0 Å². The zero-order chi connectivity index (χ0) is 15.6. The molecule has 0 spiro atoms. The smallest absolute Gasteiger partial charge is 0.293 e. The number of nitrogen functional groups attached to an aromatic ring is 1. The van der Waals surface area contributed by atoms with Crippen molar-refractivity contribution in [3.05, 3.63) is 33.9 Å². The molecule has 0 bridgehead atoms. The first-order chi connectivity index (χ1) is 9.85. The van der Waals surface area contributed by atoms with Crippen LogP contribution in [0.3, 0.4) is 0 Å². The minimum absolute atomic E-state index is 0.0748. The molecule has 7 nitrogen and oxygen atoms in total. The van der Waals surface area contributed by atoms with Gasteiger partial charge in [0.1, 0.15) is 5.69 Å². The standard InChI is InChI=1S/C14H20N4O3/c1-14(2)7-3-4-12(14)16-13(19)9-5-6-11(18(20)21)10(8-9)17-15/h5-6,8,12,17H,3-4,7,15H2,1-2H3,(H,16,19). The van der Waals surface area contributed by atoms with Gasteiger partial charge in [-0.2, -0.15) is 0 Å². The average Bonchev–Trinajstić information content (AvgIpc) is 2.76. The number of nitrogens with one attached hydrogen (secondary N) is 2. The Bertz CT molecular complexity index is 571. The summed E-state index contributed by atoms with van der Waals surface area (Å²) in [4.78, 5) is 22.6. The van der Waals surface area contributed by atoms with Crippen molar-refractivity contribution in [2.45, 2.75) is 39.2 Å². The number of nitro groups is 1. The van der Waals surface area contributed by atoms with E-state index in [9.17, 15) is 14.9 Å². The molecule has 0 heterocycles. The number of nitro benzene ring substituents is 1. The maximum Gasteiger partial charge on any atom is 0.293 e. The molecule has 0 saturated heterocycles. The van der Waals surface area contributed by atoms with Gasteiger partial charge < -0.3 is 10.7 Å². The Hall–Kier alpha value is -2.15. The monoisotopic (exact) mass is 292 g/mol. The van der Waals surface area contributed by atoms with Crippen LogP contribution < -0.4 is 16.6 Å². The van der Waals surface area contributed by atoms with E-state index >= 15 is 0 Å². The molecule has 7 heteroatoms. The molecule has 1 amide bonds. The van der Waals surface area contributed by atoms with Gasteiger partial charge in [0.2, 0.25) is 0 Å². The molecule has 2 rings (SSSR count). The van der Waals surface area contributed by atoms with Crippen molar-refractivity contribution in [3.8, 4) is 0 Å². The Morgan fingerprint density at radius 1 is 1.48 bits per heavy atom. The molecule has 1 aromatic carbocycles. The highest BCUT2D eigenvalue weighted by molar-refractivity contribution is 5.96. The minimum atomic E-state index is -0.545. The van der Waals surface area contributed by atoms with Gasteiger partial charge in [-0.3, -0.25) is 20.8 Å². The Morgan fingerprint density at radius 3 is 2.71 bits per heavy atom. The van der Waals surface area contributed by atoms with Gasteiger partial charge in [-0.05, 0) is 30.4 Å². The quantitative estimate of drug-likeness (QED) is 0.447. The summed E-state index contributed by atoms with van der Waals surface area (Å²) in [5, 5.41) is 13.8. The van der Waals surface area contributed by atoms with Crippen LogP contribution in [0, 0.1) is 15.5 Å². The molecule has 1 aromatic rings. The minimum Gasteiger partial charge on any atom is -0.349 e. The van der Waals surface area contributed by atoms with Gasteiger partial charge >= 0.3 is 0 Å². The van der Waals surface area contributed by atoms with Gasteiger partial charge in [-0.1, -0.05) is 20.3 Å². The normalized spacial score (nSPS) is 20.0. The van der Waals surface area contributed by atoms with E-state index in [0.29, 0.717) is 5.56 Å². The van der Waals surface area contributed by atoms with Crippen LogP contribution in [0.25, 0.3) is 0 Å². The van der Waals surface area contributed by atoms with Crippen LogP contribution in [-0.2, 0) is 0 Å². The number of anilines is 1. The third-order valence-electron chi connectivity index (χ3n) is 4.17. The van der Waals surface area contributed by atoms with Crippen molar-refractivity contribution >= 4 is 17.3 Å². The van der Waals surface area contributed by atoms with Crippen LogP contribution >= 0.6 is 0 Å². The lowest BCUT2D eigenvalue weighted by Gasteiger charge is -2.27. The first-order valence-electron chi connectivity index (χ1n) is 6.91. The van der Waals surface area contributed by atoms with Crippen molar-refractivity contribution in [1.29, 1.82) is 0 Å². The van der Waals surface area contributed by atoms with E-state index < -0.39 is 4.92 Å². The predicted octanol–water partition coefficient (Wildman–Crippen LogP) is 2.19. The summed E-state index contributed by atoms with van der Waals surface area (Å²) >= 11 is 0. The third-order valence-corrected chi connectivity index (χ3v) is 4.17. The molecule has 0 radical (unpaired) electrons. The van der Waals surface area contributed by atoms with Crippen molar-refractivity contribution in [2.75, 3.05) is 5.43 Å². The van der Waals surface area contributed by atoms with E-state index in [1.54, 1.807) is 0 Å². The lowest BCUT2D eigenvalue weighted by Crippen LogP contribution is -2.41. The number of amides is 1. The van der Waals surface area contributed by atoms with Crippen molar-refractivity contribution in [2.24, 2.45) is 11.3 Å². The van der Waals surface area contributed by atoms with E-state index in [2.05, 4.69) is 24.6 Å². The highest BCUT2D eigenvalue weighted by Crippen LogP contribution is 2.37. The van der Waals surface area contributed by atoms with Crippen LogP contribution in [0.15, 0.2) is 18.2 Å². The maximum absolute atomic E-state index is 12.3. The molecule has 1 aliphatic carbocycles. The number of hydrogen-bond donors (Lipinski definition) is 3. The van der Waals surface area contributed by atoms with E-state index in [0.717, 1.165) is 19.3 Å². The molecular formula is C14H20N4O3. The molecule has 1 atom stereocenters. The Morgan fingerprint density at radius 2 is 2.19 bits per heavy atom. The lowest BCUT2D eigenvalue weighted by atomic mass is 9.87. The second-order valence-corrected chi connectivity index (χ2v) is 6.04. The number of carbonyl (C=O) groups excluding carboxylic acids is 1. The molecule has 1 unspecified atom stereocenters. The Balaban J connectivity index is 2.18. The summed E-state index contributed by atoms with van der Waals surface area (Å²) in [6.07, 6.45) is 3.12. The third kappa shape index (κ3) is 3.13. The van der Waals surface area contributed by atoms with Gasteiger partial charge in [0.05, 0.1) is 4.92 Å². The predicted molar refractivity (Wildman–Crippen MR) is 79.8 cm³/mol. The van der Waals surface area contributed by atoms with Crippen LogP contribution in [0.1, 0.15) is 43.5 Å². The fraction of sp³-hybridized carbons (Fsp3) is 0.500. The number of carbonyl (C=O) groups is 1. The molecule has 21 heavy (non-hydrogen) atoms. The van der Waals surface area contributed by atoms with Crippen molar-refractivity contribution in [1.82, 2.24) is 5.32 Å². The molecule has 4 N–H and O–H groups in total. The molecule has 114 valence electrons. The number of hydrogen-bond acceptors (Lipinski definition) is 5. The fourth-order valence-electron chi connectivity index (χ4n) is 2.79. The highest BCUT2D eigenvalue weighted by atomic mass is 16.6. The highest BCUT2D eigenvalue weighted by Gasteiger charge is 2.35. The summed E-state index contributed by atoms with van der Waals surface area (Å²) in [5.41, 5.74) is 2.66. The van der Waals surface area contributed by atoms with Crippen molar-refractivity contribution in [3.63, 3.8) is 0 Å². The fourth-order valence-corrected chi connectivity index (χ4v) is 2.79. The van der Waals surface area contributed by atoms with Gasteiger partial charge in [0.25, 0.3) is 11.6 Å². The Labute approximate surface area is 123 Å². The average molecular weight is 292 g/mol. The Kier molecular flexibility index (Phi) is 4.13.